The molecule has 2 saturated heterocycles. The van der Waals surface area contributed by atoms with Crippen LogP contribution in [0.3, 0.4) is 0 Å². The maximum atomic E-state index is 13.3. The monoisotopic (exact) mass is 404 g/mol. The van der Waals surface area contributed by atoms with Crippen molar-refractivity contribution >= 4 is 21.5 Å². The van der Waals surface area contributed by atoms with E-state index in [2.05, 4.69) is 14.9 Å². The maximum absolute atomic E-state index is 13.3. The molecule has 2 aromatic rings. The molecule has 2 aliphatic rings. The number of hydrogen-bond donors (Lipinski definition) is 1. The third kappa shape index (κ3) is 3.96. The first-order valence-electron chi connectivity index (χ1n) is 9.41. The molecule has 8 nitrogen and oxygen atoms in total. The van der Waals surface area contributed by atoms with Crippen LogP contribution in [0.15, 0.2) is 35.5 Å². The van der Waals surface area contributed by atoms with Crippen molar-refractivity contribution in [2.24, 2.45) is 0 Å². The Labute approximate surface area is 164 Å². The summed E-state index contributed by atoms with van der Waals surface area (Å²) in [5, 5.41) is -0.420. The number of nitrogen functional groups attached to an aromatic ring is 1. The zero-order chi connectivity index (χ0) is 19.6. The van der Waals surface area contributed by atoms with Crippen LogP contribution in [-0.4, -0.2) is 63.2 Å². The standard InChI is InChI=1S/C19H24N4O4S/c20-19-21-12-15(13-22-19)14-9-16(23-3-7-27-8-4-23)11-18(10-14)28(24,25)17-1-5-26-6-2-17/h9-13,17H,1-8H2,(H2,20,21,22). The zero-order valence-corrected chi connectivity index (χ0v) is 16.4. The fourth-order valence-corrected chi connectivity index (χ4v) is 5.36. The van der Waals surface area contributed by atoms with Crippen molar-refractivity contribution in [1.82, 2.24) is 9.97 Å². The highest BCUT2D eigenvalue weighted by atomic mass is 32.2. The minimum atomic E-state index is -3.47. The van der Waals surface area contributed by atoms with E-state index < -0.39 is 15.1 Å². The Bertz CT molecular complexity index is 921. The molecule has 2 N–H and O–H groups in total. The second kappa shape index (κ2) is 8.02. The van der Waals surface area contributed by atoms with E-state index >= 15 is 0 Å². The van der Waals surface area contributed by atoms with Crippen LogP contribution in [0.2, 0.25) is 0 Å². The number of aromatic nitrogens is 2. The van der Waals surface area contributed by atoms with Gasteiger partial charge in [0.15, 0.2) is 9.84 Å². The van der Waals surface area contributed by atoms with Crippen LogP contribution in [0.4, 0.5) is 11.6 Å². The first-order chi connectivity index (χ1) is 13.5. The van der Waals surface area contributed by atoms with Crippen molar-refractivity contribution < 1.29 is 17.9 Å². The first-order valence-corrected chi connectivity index (χ1v) is 11.0. The Morgan fingerprint density at radius 3 is 2.25 bits per heavy atom. The highest BCUT2D eigenvalue weighted by Crippen LogP contribution is 2.32. The van der Waals surface area contributed by atoms with Gasteiger partial charge in [-0.1, -0.05) is 0 Å². The molecule has 0 unspecified atom stereocenters. The lowest BCUT2D eigenvalue weighted by atomic mass is 10.1. The molecule has 0 aliphatic carbocycles. The van der Waals surface area contributed by atoms with E-state index in [1.807, 2.05) is 6.07 Å². The number of ether oxygens (including phenoxy) is 2. The number of morpholine rings is 1. The van der Waals surface area contributed by atoms with Crippen molar-refractivity contribution in [1.29, 1.82) is 0 Å². The molecular formula is C19H24N4O4S. The second-order valence-corrected chi connectivity index (χ2v) is 9.23. The van der Waals surface area contributed by atoms with Gasteiger partial charge in [0.25, 0.3) is 0 Å². The van der Waals surface area contributed by atoms with E-state index in [9.17, 15) is 8.42 Å². The molecule has 2 fully saturated rings. The van der Waals surface area contributed by atoms with Gasteiger partial charge in [-0.2, -0.15) is 0 Å². The van der Waals surface area contributed by atoms with E-state index in [0.29, 0.717) is 44.2 Å². The summed E-state index contributed by atoms with van der Waals surface area (Å²) >= 11 is 0. The van der Waals surface area contributed by atoms with Crippen LogP contribution >= 0.6 is 0 Å². The smallest absolute Gasteiger partial charge is 0.219 e. The molecule has 4 rings (SSSR count). The third-order valence-corrected chi connectivity index (χ3v) is 7.45. The summed E-state index contributed by atoms with van der Waals surface area (Å²) < 4.78 is 37.4. The van der Waals surface area contributed by atoms with Crippen LogP contribution in [-0.2, 0) is 19.3 Å². The van der Waals surface area contributed by atoms with E-state index in [4.69, 9.17) is 15.2 Å². The van der Waals surface area contributed by atoms with Crippen LogP contribution in [0.5, 0.6) is 0 Å². The Kier molecular flexibility index (Phi) is 5.47. The molecule has 3 heterocycles. The van der Waals surface area contributed by atoms with Gasteiger partial charge in [0.2, 0.25) is 5.95 Å². The topological polar surface area (TPSA) is 108 Å². The summed E-state index contributed by atoms with van der Waals surface area (Å²) in [7, 11) is -3.47. The molecule has 0 radical (unpaired) electrons. The fourth-order valence-electron chi connectivity index (χ4n) is 3.58. The molecule has 0 bridgehead atoms. The molecule has 1 aromatic heterocycles. The van der Waals surface area contributed by atoms with Crippen molar-refractivity contribution in [3.05, 3.63) is 30.6 Å². The van der Waals surface area contributed by atoms with Crippen LogP contribution in [0, 0.1) is 0 Å². The number of nitrogens with zero attached hydrogens (tertiary/aromatic N) is 3. The largest absolute Gasteiger partial charge is 0.381 e. The average Bonchev–Trinajstić information content (AvgIpc) is 2.75. The van der Waals surface area contributed by atoms with Gasteiger partial charge < -0.3 is 20.1 Å². The summed E-state index contributed by atoms with van der Waals surface area (Å²) in [5.41, 5.74) is 7.95. The van der Waals surface area contributed by atoms with Gasteiger partial charge in [-0.05, 0) is 36.6 Å². The molecule has 0 saturated carbocycles. The summed E-state index contributed by atoms with van der Waals surface area (Å²) in [6.45, 7) is 3.64. The number of benzene rings is 1. The lowest BCUT2D eigenvalue weighted by Crippen LogP contribution is -2.36. The Balaban J connectivity index is 1.78. The number of anilines is 2. The summed E-state index contributed by atoms with van der Waals surface area (Å²) in [6.07, 6.45) is 4.27. The van der Waals surface area contributed by atoms with Crippen molar-refractivity contribution in [2.75, 3.05) is 50.2 Å². The third-order valence-electron chi connectivity index (χ3n) is 5.21. The molecule has 9 heteroatoms. The van der Waals surface area contributed by atoms with Crippen LogP contribution in [0.25, 0.3) is 11.1 Å². The minimum Gasteiger partial charge on any atom is -0.381 e. The Hall–Kier alpha value is -2.23. The van der Waals surface area contributed by atoms with Gasteiger partial charge in [0, 0.05) is 49.9 Å². The van der Waals surface area contributed by atoms with E-state index in [1.165, 1.54) is 0 Å². The highest BCUT2D eigenvalue weighted by Gasteiger charge is 2.30. The van der Waals surface area contributed by atoms with Crippen LogP contribution in [0.1, 0.15) is 12.8 Å². The summed E-state index contributed by atoms with van der Waals surface area (Å²) in [4.78, 5) is 10.6. The van der Waals surface area contributed by atoms with Gasteiger partial charge in [0.1, 0.15) is 0 Å². The van der Waals surface area contributed by atoms with E-state index in [1.54, 1.807) is 24.5 Å². The normalized spacial score (nSPS) is 18.9. The molecule has 2 aliphatic heterocycles. The molecule has 0 amide bonds. The van der Waals surface area contributed by atoms with E-state index in [0.717, 1.165) is 29.9 Å². The van der Waals surface area contributed by atoms with Gasteiger partial charge in [-0.3, -0.25) is 0 Å². The fraction of sp³-hybridized carbons (Fsp3) is 0.474. The van der Waals surface area contributed by atoms with Gasteiger partial charge in [-0.15, -0.1) is 0 Å². The SMILES string of the molecule is Nc1ncc(-c2cc(N3CCOCC3)cc(S(=O)(=O)C3CCOCC3)c2)cn1. The Morgan fingerprint density at radius 2 is 1.57 bits per heavy atom. The summed E-state index contributed by atoms with van der Waals surface area (Å²) in [6, 6.07) is 5.46. The quantitative estimate of drug-likeness (QED) is 0.817. The summed E-state index contributed by atoms with van der Waals surface area (Å²) in [5.74, 6) is 0.183. The van der Waals surface area contributed by atoms with Gasteiger partial charge >= 0.3 is 0 Å². The van der Waals surface area contributed by atoms with Crippen LogP contribution < -0.4 is 10.6 Å². The predicted molar refractivity (Wildman–Crippen MR) is 106 cm³/mol. The number of rotatable bonds is 4. The number of nitrogens with two attached hydrogens (primary N) is 1. The molecule has 1 aromatic carbocycles. The van der Waals surface area contributed by atoms with Gasteiger partial charge in [0.05, 0.1) is 23.4 Å². The molecular weight excluding hydrogens is 380 g/mol. The van der Waals surface area contributed by atoms with Gasteiger partial charge in [-0.25, -0.2) is 18.4 Å². The van der Waals surface area contributed by atoms with Crippen molar-refractivity contribution in [2.45, 2.75) is 23.0 Å². The highest BCUT2D eigenvalue weighted by molar-refractivity contribution is 7.92. The average molecular weight is 404 g/mol. The molecule has 0 atom stereocenters. The van der Waals surface area contributed by atoms with Crippen molar-refractivity contribution in [3.8, 4) is 11.1 Å². The van der Waals surface area contributed by atoms with Crippen molar-refractivity contribution in [3.63, 3.8) is 0 Å². The predicted octanol–water partition coefficient (Wildman–Crippen LogP) is 1.52. The van der Waals surface area contributed by atoms with E-state index in [-0.39, 0.29) is 5.95 Å². The second-order valence-electron chi connectivity index (χ2n) is 7.00. The first kappa shape index (κ1) is 19.1. The minimum absolute atomic E-state index is 0.183. The zero-order valence-electron chi connectivity index (χ0n) is 15.6. The number of sulfone groups is 1. The molecule has 28 heavy (non-hydrogen) atoms. The Morgan fingerprint density at radius 1 is 0.929 bits per heavy atom. The lowest BCUT2D eigenvalue weighted by molar-refractivity contribution is 0.0983. The molecule has 150 valence electrons. The lowest BCUT2D eigenvalue weighted by Gasteiger charge is -2.30. The molecule has 0 spiro atoms. The maximum Gasteiger partial charge on any atom is 0.219 e. The number of hydrogen-bond acceptors (Lipinski definition) is 8.